The van der Waals surface area contributed by atoms with Gasteiger partial charge >= 0.3 is 0 Å². The number of para-hydroxylation sites is 1. The second-order valence-corrected chi connectivity index (χ2v) is 3.69. The van der Waals surface area contributed by atoms with Crippen molar-refractivity contribution >= 4 is 11.0 Å². The SMILES string of the molecule is COc1ccc2c(c1)nnn2-c1ccccc1. The highest BCUT2D eigenvalue weighted by Crippen LogP contribution is 2.20. The second-order valence-electron chi connectivity index (χ2n) is 3.69. The van der Waals surface area contributed by atoms with Crippen molar-refractivity contribution in [3.8, 4) is 11.4 Å². The number of rotatable bonds is 2. The molecule has 0 aliphatic carbocycles. The molecule has 0 aliphatic rings. The molecule has 4 heteroatoms. The lowest BCUT2D eigenvalue weighted by Gasteiger charge is -2.02. The third kappa shape index (κ3) is 1.63. The zero-order chi connectivity index (χ0) is 11.7. The minimum absolute atomic E-state index is 0.789. The van der Waals surface area contributed by atoms with E-state index in [4.69, 9.17) is 4.74 Å². The minimum atomic E-state index is 0.789. The molecule has 0 atom stereocenters. The molecule has 17 heavy (non-hydrogen) atoms. The van der Waals surface area contributed by atoms with Crippen LogP contribution in [0.4, 0.5) is 0 Å². The highest BCUT2D eigenvalue weighted by atomic mass is 16.5. The Balaban J connectivity index is 2.19. The zero-order valence-corrected chi connectivity index (χ0v) is 9.37. The second kappa shape index (κ2) is 3.90. The van der Waals surface area contributed by atoms with Gasteiger partial charge in [-0.05, 0) is 24.3 Å². The smallest absolute Gasteiger partial charge is 0.121 e. The van der Waals surface area contributed by atoms with Gasteiger partial charge in [0, 0.05) is 6.07 Å². The van der Waals surface area contributed by atoms with E-state index in [0.29, 0.717) is 0 Å². The van der Waals surface area contributed by atoms with Crippen molar-refractivity contribution in [2.24, 2.45) is 0 Å². The third-order valence-electron chi connectivity index (χ3n) is 2.65. The van der Waals surface area contributed by atoms with E-state index < -0.39 is 0 Å². The van der Waals surface area contributed by atoms with E-state index in [1.807, 2.05) is 53.2 Å². The van der Waals surface area contributed by atoms with Gasteiger partial charge in [-0.3, -0.25) is 0 Å². The molecule has 0 saturated carbocycles. The minimum Gasteiger partial charge on any atom is -0.497 e. The lowest BCUT2D eigenvalue weighted by atomic mass is 10.2. The molecular formula is C13H11N3O. The van der Waals surface area contributed by atoms with E-state index in [9.17, 15) is 0 Å². The molecule has 0 bridgehead atoms. The van der Waals surface area contributed by atoms with Gasteiger partial charge in [0.25, 0.3) is 0 Å². The lowest BCUT2D eigenvalue weighted by Crippen LogP contribution is -1.95. The maximum atomic E-state index is 5.16. The lowest BCUT2D eigenvalue weighted by molar-refractivity contribution is 0.415. The van der Waals surface area contributed by atoms with Crippen LogP contribution in [0.15, 0.2) is 48.5 Å². The largest absolute Gasteiger partial charge is 0.497 e. The fourth-order valence-electron chi connectivity index (χ4n) is 1.79. The molecule has 4 nitrogen and oxygen atoms in total. The average Bonchev–Trinajstić information content (AvgIpc) is 2.82. The summed E-state index contributed by atoms with van der Waals surface area (Å²) in [5.41, 5.74) is 2.80. The summed E-state index contributed by atoms with van der Waals surface area (Å²) in [5, 5.41) is 8.29. The number of benzene rings is 2. The van der Waals surface area contributed by atoms with Crippen LogP contribution in [0.3, 0.4) is 0 Å². The van der Waals surface area contributed by atoms with Gasteiger partial charge in [-0.15, -0.1) is 5.10 Å². The molecule has 0 amide bonds. The molecule has 0 saturated heterocycles. The summed E-state index contributed by atoms with van der Waals surface area (Å²) >= 11 is 0. The Morgan fingerprint density at radius 1 is 1.06 bits per heavy atom. The van der Waals surface area contributed by atoms with E-state index in [-0.39, 0.29) is 0 Å². The molecule has 84 valence electrons. The Morgan fingerprint density at radius 2 is 1.88 bits per heavy atom. The molecule has 3 rings (SSSR count). The van der Waals surface area contributed by atoms with Gasteiger partial charge in [0.05, 0.1) is 18.3 Å². The monoisotopic (exact) mass is 225 g/mol. The summed E-state index contributed by atoms with van der Waals surface area (Å²) in [5.74, 6) is 0.789. The Bertz CT molecular complexity index is 646. The van der Waals surface area contributed by atoms with Crippen LogP contribution in [0, 0.1) is 0 Å². The predicted molar refractivity (Wildman–Crippen MR) is 65.4 cm³/mol. The van der Waals surface area contributed by atoms with Gasteiger partial charge in [0.1, 0.15) is 11.3 Å². The summed E-state index contributed by atoms with van der Waals surface area (Å²) in [7, 11) is 1.64. The third-order valence-corrected chi connectivity index (χ3v) is 2.65. The first kappa shape index (κ1) is 9.84. The topological polar surface area (TPSA) is 39.9 Å². The van der Waals surface area contributed by atoms with E-state index in [2.05, 4.69) is 10.3 Å². The Labute approximate surface area is 98.4 Å². The van der Waals surface area contributed by atoms with E-state index in [1.54, 1.807) is 7.11 Å². The molecular weight excluding hydrogens is 214 g/mol. The highest BCUT2D eigenvalue weighted by Gasteiger charge is 2.06. The first-order valence-corrected chi connectivity index (χ1v) is 5.33. The zero-order valence-electron chi connectivity index (χ0n) is 9.37. The molecule has 0 aliphatic heterocycles. The molecule has 0 spiro atoms. The molecule has 0 fully saturated rings. The number of fused-ring (bicyclic) bond motifs is 1. The maximum absolute atomic E-state index is 5.16. The van der Waals surface area contributed by atoms with Gasteiger partial charge < -0.3 is 4.74 Å². The van der Waals surface area contributed by atoms with E-state index in [1.165, 1.54) is 0 Å². The normalized spacial score (nSPS) is 10.6. The van der Waals surface area contributed by atoms with Crippen molar-refractivity contribution < 1.29 is 4.74 Å². The fourth-order valence-corrected chi connectivity index (χ4v) is 1.79. The van der Waals surface area contributed by atoms with Crippen molar-refractivity contribution in [2.75, 3.05) is 7.11 Å². The summed E-state index contributed by atoms with van der Waals surface area (Å²) in [6.07, 6.45) is 0. The molecule has 0 N–H and O–H groups in total. The van der Waals surface area contributed by atoms with E-state index >= 15 is 0 Å². The number of hydrogen-bond donors (Lipinski definition) is 0. The quantitative estimate of drug-likeness (QED) is 0.672. The van der Waals surface area contributed by atoms with Crippen LogP contribution in [-0.2, 0) is 0 Å². The molecule has 1 heterocycles. The summed E-state index contributed by atoms with van der Waals surface area (Å²) in [6.45, 7) is 0. The van der Waals surface area contributed by atoms with Crippen LogP contribution in [0.25, 0.3) is 16.7 Å². The van der Waals surface area contributed by atoms with Crippen LogP contribution < -0.4 is 4.74 Å². The maximum Gasteiger partial charge on any atom is 0.121 e. The summed E-state index contributed by atoms with van der Waals surface area (Å²) in [6, 6.07) is 15.7. The Kier molecular flexibility index (Phi) is 2.26. The van der Waals surface area contributed by atoms with Crippen LogP contribution in [0.2, 0.25) is 0 Å². The number of aromatic nitrogens is 3. The van der Waals surface area contributed by atoms with Gasteiger partial charge in [-0.25, -0.2) is 4.68 Å². The summed E-state index contributed by atoms with van der Waals surface area (Å²) < 4.78 is 6.97. The molecule has 0 radical (unpaired) electrons. The first-order chi connectivity index (χ1) is 8.38. The molecule has 1 aromatic heterocycles. The van der Waals surface area contributed by atoms with Crippen molar-refractivity contribution in [2.45, 2.75) is 0 Å². The van der Waals surface area contributed by atoms with Crippen molar-refractivity contribution in [1.82, 2.24) is 15.0 Å². The number of hydrogen-bond acceptors (Lipinski definition) is 3. The Morgan fingerprint density at radius 3 is 2.65 bits per heavy atom. The average molecular weight is 225 g/mol. The van der Waals surface area contributed by atoms with E-state index in [0.717, 1.165) is 22.5 Å². The van der Waals surface area contributed by atoms with Crippen molar-refractivity contribution in [1.29, 1.82) is 0 Å². The molecule has 0 unspecified atom stereocenters. The predicted octanol–water partition coefficient (Wildman–Crippen LogP) is 2.43. The first-order valence-electron chi connectivity index (χ1n) is 5.33. The molecule has 3 aromatic rings. The highest BCUT2D eigenvalue weighted by molar-refractivity contribution is 5.77. The van der Waals surface area contributed by atoms with Gasteiger partial charge in [0.2, 0.25) is 0 Å². The summed E-state index contributed by atoms with van der Waals surface area (Å²) in [4.78, 5) is 0. The number of nitrogens with zero attached hydrogens (tertiary/aromatic N) is 3. The fraction of sp³-hybridized carbons (Fsp3) is 0.0769. The van der Waals surface area contributed by atoms with Crippen molar-refractivity contribution in [3.63, 3.8) is 0 Å². The van der Waals surface area contributed by atoms with Crippen LogP contribution in [0.1, 0.15) is 0 Å². The Hall–Kier alpha value is -2.36. The van der Waals surface area contributed by atoms with Gasteiger partial charge in [0.15, 0.2) is 0 Å². The van der Waals surface area contributed by atoms with Crippen LogP contribution in [-0.4, -0.2) is 22.1 Å². The van der Waals surface area contributed by atoms with Crippen molar-refractivity contribution in [3.05, 3.63) is 48.5 Å². The van der Waals surface area contributed by atoms with Crippen LogP contribution in [0.5, 0.6) is 5.75 Å². The number of methoxy groups -OCH3 is 1. The van der Waals surface area contributed by atoms with Crippen LogP contribution >= 0.6 is 0 Å². The molecule has 2 aromatic carbocycles. The standard InChI is InChI=1S/C13H11N3O/c1-17-11-7-8-13-12(9-11)14-15-16(13)10-5-3-2-4-6-10/h2-9H,1H3. The van der Waals surface area contributed by atoms with Gasteiger partial charge in [-0.2, -0.15) is 0 Å². The van der Waals surface area contributed by atoms with Gasteiger partial charge in [-0.1, -0.05) is 23.4 Å². The number of ether oxygens (including phenoxy) is 1.